The van der Waals surface area contributed by atoms with E-state index >= 15 is 0 Å². The van der Waals surface area contributed by atoms with Crippen LogP contribution in [0.25, 0.3) is 11.5 Å². The third-order valence-corrected chi connectivity index (χ3v) is 4.53. The number of carbonyl (C=O) groups is 2. The number of aliphatic hydroxyl groups is 1. The SMILES string of the molecule is CSc1ccccc1NC(=O)C(=O)NCC(O)c1ccc(-c2ccco2)o1. The number of nitrogens with one attached hydrogen (secondary N) is 2. The van der Waals surface area contributed by atoms with Crippen molar-refractivity contribution in [2.45, 2.75) is 11.0 Å². The van der Waals surface area contributed by atoms with Crippen molar-refractivity contribution in [1.29, 1.82) is 0 Å². The molecule has 3 N–H and O–H groups in total. The van der Waals surface area contributed by atoms with Crippen molar-refractivity contribution in [2.24, 2.45) is 0 Å². The maximum Gasteiger partial charge on any atom is 0.313 e. The molecule has 7 nitrogen and oxygen atoms in total. The van der Waals surface area contributed by atoms with Gasteiger partial charge in [-0.15, -0.1) is 11.8 Å². The van der Waals surface area contributed by atoms with Gasteiger partial charge >= 0.3 is 11.8 Å². The Morgan fingerprint density at radius 2 is 1.89 bits per heavy atom. The topological polar surface area (TPSA) is 105 Å². The fourth-order valence-electron chi connectivity index (χ4n) is 2.38. The van der Waals surface area contributed by atoms with Crippen molar-refractivity contribution in [3.05, 3.63) is 60.6 Å². The molecule has 2 aromatic heterocycles. The normalized spacial score (nSPS) is 11.8. The number of aliphatic hydroxyl groups excluding tert-OH is 1. The van der Waals surface area contributed by atoms with Crippen LogP contribution in [0.5, 0.6) is 0 Å². The zero-order valence-electron chi connectivity index (χ0n) is 14.5. The number of hydrogen-bond acceptors (Lipinski definition) is 6. The molecule has 0 aliphatic rings. The van der Waals surface area contributed by atoms with Crippen molar-refractivity contribution < 1.29 is 23.5 Å². The highest BCUT2D eigenvalue weighted by Gasteiger charge is 2.19. The smallest absolute Gasteiger partial charge is 0.313 e. The summed E-state index contributed by atoms with van der Waals surface area (Å²) in [6, 6.07) is 13.9. The summed E-state index contributed by atoms with van der Waals surface area (Å²) in [6.07, 6.45) is 2.30. The van der Waals surface area contributed by atoms with Gasteiger partial charge in [-0.3, -0.25) is 9.59 Å². The van der Waals surface area contributed by atoms with E-state index < -0.39 is 17.9 Å². The standard InChI is InChI=1S/C19H18N2O5S/c1-27-17-7-3-2-5-12(17)21-19(24)18(23)20-11-13(22)14-8-9-16(26-14)15-6-4-10-25-15/h2-10,13,22H,11H2,1H3,(H,20,23)(H,21,24). The van der Waals surface area contributed by atoms with Gasteiger partial charge in [0.2, 0.25) is 0 Å². The first-order valence-corrected chi connectivity index (χ1v) is 9.35. The molecule has 1 aromatic carbocycles. The van der Waals surface area contributed by atoms with Crippen LogP contribution in [0, 0.1) is 0 Å². The number of benzene rings is 1. The first kappa shape index (κ1) is 18.8. The van der Waals surface area contributed by atoms with Crippen molar-refractivity contribution in [1.82, 2.24) is 5.32 Å². The van der Waals surface area contributed by atoms with E-state index in [9.17, 15) is 14.7 Å². The molecule has 0 aliphatic carbocycles. The van der Waals surface area contributed by atoms with E-state index in [-0.39, 0.29) is 12.3 Å². The van der Waals surface area contributed by atoms with Gasteiger partial charge in [-0.1, -0.05) is 12.1 Å². The van der Waals surface area contributed by atoms with Crippen LogP contribution in [0.2, 0.25) is 0 Å². The summed E-state index contributed by atoms with van der Waals surface area (Å²) in [4.78, 5) is 24.9. The Morgan fingerprint density at radius 3 is 2.63 bits per heavy atom. The monoisotopic (exact) mass is 386 g/mol. The Morgan fingerprint density at radius 1 is 1.07 bits per heavy atom. The van der Waals surface area contributed by atoms with Gasteiger partial charge < -0.3 is 24.6 Å². The van der Waals surface area contributed by atoms with E-state index in [1.807, 2.05) is 18.4 Å². The molecule has 0 saturated heterocycles. The molecule has 3 rings (SSSR count). The Balaban J connectivity index is 1.54. The van der Waals surface area contributed by atoms with Gasteiger partial charge in [-0.05, 0) is 42.7 Å². The zero-order valence-corrected chi connectivity index (χ0v) is 15.3. The fourth-order valence-corrected chi connectivity index (χ4v) is 2.93. The Labute approximate surface area is 159 Å². The molecule has 3 aromatic rings. The summed E-state index contributed by atoms with van der Waals surface area (Å²) in [5, 5.41) is 15.1. The molecule has 2 amide bonds. The van der Waals surface area contributed by atoms with Gasteiger partial charge in [0, 0.05) is 4.90 Å². The van der Waals surface area contributed by atoms with E-state index in [4.69, 9.17) is 8.83 Å². The summed E-state index contributed by atoms with van der Waals surface area (Å²) in [5.41, 5.74) is 0.555. The van der Waals surface area contributed by atoms with Crippen LogP contribution >= 0.6 is 11.8 Å². The lowest BCUT2D eigenvalue weighted by molar-refractivity contribution is -0.136. The van der Waals surface area contributed by atoms with Gasteiger partial charge in [0.15, 0.2) is 11.5 Å². The second-order valence-electron chi connectivity index (χ2n) is 5.56. The molecule has 0 saturated carbocycles. The maximum absolute atomic E-state index is 12.0. The lowest BCUT2D eigenvalue weighted by atomic mass is 10.2. The number of furan rings is 2. The highest BCUT2D eigenvalue weighted by atomic mass is 32.2. The van der Waals surface area contributed by atoms with E-state index in [0.29, 0.717) is 17.2 Å². The van der Waals surface area contributed by atoms with Crippen LogP contribution in [0.4, 0.5) is 5.69 Å². The van der Waals surface area contributed by atoms with Gasteiger partial charge in [-0.25, -0.2) is 0 Å². The summed E-state index contributed by atoms with van der Waals surface area (Å²) in [5.74, 6) is -0.395. The molecule has 2 heterocycles. The summed E-state index contributed by atoms with van der Waals surface area (Å²) >= 11 is 1.46. The number of para-hydroxylation sites is 1. The summed E-state index contributed by atoms with van der Waals surface area (Å²) < 4.78 is 10.7. The van der Waals surface area contributed by atoms with Gasteiger partial charge in [0.1, 0.15) is 11.9 Å². The number of hydrogen-bond donors (Lipinski definition) is 3. The first-order chi connectivity index (χ1) is 13.1. The second kappa shape index (κ2) is 8.61. The Bertz CT molecular complexity index is 920. The number of anilines is 1. The third kappa shape index (κ3) is 4.60. The van der Waals surface area contributed by atoms with Gasteiger partial charge in [-0.2, -0.15) is 0 Å². The van der Waals surface area contributed by atoms with Crippen LogP contribution in [0.1, 0.15) is 11.9 Å². The van der Waals surface area contributed by atoms with Crippen molar-refractivity contribution in [3.8, 4) is 11.5 Å². The van der Waals surface area contributed by atoms with E-state index in [1.165, 1.54) is 18.0 Å². The second-order valence-corrected chi connectivity index (χ2v) is 6.41. The highest BCUT2D eigenvalue weighted by Crippen LogP contribution is 2.26. The highest BCUT2D eigenvalue weighted by molar-refractivity contribution is 7.98. The maximum atomic E-state index is 12.0. The fraction of sp³-hybridized carbons (Fsp3) is 0.158. The molecule has 27 heavy (non-hydrogen) atoms. The molecule has 0 fully saturated rings. The molecule has 0 bridgehead atoms. The minimum atomic E-state index is -1.09. The molecule has 1 atom stereocenters. The third-order valence-electron chi connectivity index (χ3n) is 3.74. The molecule has 140 valence electrons. The van der Waals surface area contributed by atoms with Gasteiger partial charge in [0.05, 0.1) is 18.5 Å². The lowest BCUT2D eigenvalue weighted by Crippen LogP contribution is -2.37. The molecule has 0 spiro atoms. The minimum Gasteiger partial charge on any atom is -0.461 e. The summed E-state index contributed by atoms with van der Waals surface area (Å²) in [6.45, 7) is -0.165. The number of thioether (sulfide) groups is 1. The van der Waals surface area contributed by atoms with Gasteiger partial charge in [0.25, 0.3) is 0 Å². The van der Waals surface area contributed by atoms with Crippen molar-refractivity contribution >= 4 is 29.3 Å². The molecule has 0 aliphatic heterocycles. The Hall–Kier alpha value is -2.97. The predicted molar refractivity (Wildman–Crippen MR) is 101 cm³/mol. The quantitative estimate of drug-likeness (QED) is 0.444. The average Bonchev–Trinajstić information content (AvgIpc) is 3.37. The summed E-state index contributed by atoms with van der Waals surface area (Å²) in [7, 11) is 0. The van der Waals surface area contributed by atoms with Crippen LogP contribution in [0.3, 0.4) is 0 Å². The van der Waals surface area contributed by atoms with Crippen molar-refractivity contribution in [3.63, 3.8) is 0 Å². The van der Waals surface area contributed by atoms with Crippen LogP contribution < -0.4 is 10.6 Å². The molecule has 1 unspecified atom stereocenters. The zero-order chi connectivity index (χ0) is 19.2. The number of rotatable bonds is 6. The average molecular weight is 386 g/mol. The molecule has 8 heteroatoms. The van der Waals surface area contributed by atoms with Crippen LogP contribution in [0.15, 0.2) is 68.5 Å². The largest absolute Gasteiger partial charge is 0.461 e. The van der Waals surface area contributed by atoms with Crippen LogP contribution in [-0.4, -0.2) is 29.7 Å². The van der Waals surface area contributed by atoms with E-state index in [0.717, 1.165) is 4.90 Å². The molecular weight excluding hydrogens is 368 g/mol. The van der Waals surface area contributed by atoms with Crippen molar-refractivity contribution in [2.75, 3.05) is 18.1 Å². The Kier molecular flexibility index (Phi) is 6.00. The van der Waals surface area contributed by atoms with E-state index in [2.05, 4.69) is 10.6 Å². The van der Waals surface area contributed by atoms with Crippen LogP contribution in [-0.2, 0) is 9.59 Å². The lowest BCUT2D eigenvalue weighted by Gasteiger charge is -2.11. The molecular formula is C19H18N2O5S. The first-order valence-electron chi connectivity index (χ1n) is 8.12. The van der Waals surface area contributed by atoms with E-state index in [1.54, 1.807) is 36.4 Å². The number of amides is 2. The predicted octanol–water partition coefficient (Wildman–Crippen LogP) is 3.05. The molecule has 0 radical (unpaired) electrons. The minimum absolute atomic E-state index is 0.165. The number of carbonyl (C=O) groups excluding carboxylic acids is 2.